The molecule has 0 unspecified atom stereocenters. The SMILES string of the molecule is C[Si](C)(C)C(P(N(C1CCCCC1)C1CCCCC1)N(C1CCCCC1)C1CCCCC1)=P(C)(c1ccccc1)c1ccccc1. The maximum atomic E-state index is 3.41. The lowest BCUT2D eigenvalue weighted by atomic mass is 9.90. The number of hydrogen-bond acceptors (Lipinski definition) is 2. The molecule has 0 spiro atoms. The Hall–Kier alpha value is -0.693. The molecule has 46 heavy (non-hydrogen) atoms. The molecule has 0 radical (unpaired) electrons. The number of rotatable bonds is 10. The molecule has 5 heteroatoms. The molecule has 4 aliphatic carbocycles. The quantitative estimate of drug-likeness (QED) is 0.183. The van der Waals surface area contributed by atoms with Gasteiger partial charge in [-0.15, -0.1) is 0 Å². The van der Waals surface area contributed by atoms with E-state index in [4.69, 9.17) is 0 Å². The molecule has 2 aromatic carbocycles. The Morgan fingerprint density at radius 2 is 0.783 bits per heavy atom. The zero-order valence-corrected chi connectivity index (χ0v) is 32.8. The van der Waals surface area contributed by atoms with E-state index in [1.54, 1.807) is 10.6 Å². The van der Waals surface area contributed by atoms with Crippen molar-refractivity contribution in [2.75, 3.05) is 6.66 Å². The van der Waals surface area contributed by atoms with E-state index >= 15 is 0 Å². The molecular formula is C41H66N2P2Si. The molecule has 0 atom stereocenters. The Morgan fingerprint density at radius 3 is 1.04 bits per heavy atom. The maximum Gasteiger partial charge on any atom is 0.0825 e. The normalized spacial score (nSPS) is 22.2. The van der Waals surface area contributed by atoms with Crippen LogP contribution in [0.15, 0.2) is 60.7 Å². The lowest BCUT2D eigenvalue weighted by molar-refractivity contribution is 0.136. The number of benzene rings is 2. The molecule has 0 aliphatic heterocycles. The van der Waals surface area contributed by atoms with Crippen LogP contribution in [-0.4, -0.2) is 52.9 Å². The molecule has 254 valence electrons. The molecule has 0 bridgehead atoms. The predicted molar refractivity (Wildman–Crippen MR) is 211 cm³/mol. The average Bonchev–Trinajstić information content (AvgIpc) is 3.10. The molecule has 4 fully saturated rings. The van der Waals surface area contributed by atoms with Gasteiger partial charge in [-0.05, 0) is 73.3 Å². The first-order valence-electron chi connectivity index (χ1n) is 19.6. The van der Waals surface area contributed by atoms with Crippen LogP contribution in [0.1, 0.15) is 128 Å². The number of hydrogen-bond donors (Lipinski definition) is 0. The molecular weight excluding hydrogens is 610 g/mol. The molecule has 2 nitrogen and oxygen atoms in total. The van der Waals surface area contributed by atoms with Gasteiger partial charge in [-0.2, -0.15) is 0 Å². The first kappa shape index (κ1) is 35.1. The highest BCUT2D eigenvalue weighted by atomic mass is 31.2. The van der Waals surface area contributed by atoms with Gasteiger partial charge in [-0.25, -0.2) is 0 Å². The van der Waals surface area contributed by atoms with Gasteiger partial charge in [-0.3, -0.25) is 9.34 Å². The summed E-state index contributed by atoms with van der Waals surface area (Å²) in [5, 5.41) is 3.26. The summed E-state index contributed by atoms with van der Waals surface area (Å²) in [4.78, 5) is 0. The Labute approximate surface area is 286 Å². The van der Waals surface area contributed by atoms with Gasteiger partial charge in [0.1, 0.15) is 0 Å². The van der Waals surface area contributed by atoms with E-state index in [-0.39, 0.29) is 0 Å². The van der Waals surface area contributed by atoms with Crippen molar-refractivity contribution in [2.24, 2.45) is 0 Å². The van der Waals surface area contributed by atoms with Crippen LogP contribution in [0, 0.1) is 0 Å². The van der Waals surface area contributed by atoms with Gasteiger partial charge in [-0.1, -0.05) is 164 Å². The smallest absolute Gasteiger partial charge is 0.0825 e. The van der Waals surface area contributed by atoms with Crippen LogP contribution in [0.25, 0.3) is 0 Å². The summed E-state index contributed by atoms with van der Waals surface area (Å²) in [7, 11) is -2.39. The molecule has 0 N–H and O–H groups in total. The highest BCUT2D eigenvalue weighted by Crippen LogP contribution is 2.64. The van der Waals surface area contributed by atoms with Crippen LogP contribution in [0.2, 0.25) is 19.6 Å². The number of nitrogens with zero attached hydrogens (tertiary/aromatic N) is 2. The molecule has 6 rings (SSSR count). The maximum absolute atomic E-state index is 3.41. The lowest BCUT2D eigenvalue weighted by Gasteiger charge is -2.57. The summed E-state index contributed by atoms with van der Waals surface area (Å²) in [6.07, 6.45) is 28.8. The van der Waals surface area contributed by atoms with Crippen molar-refractivity contribution in [3.05, 3.63) is 60.7 Å². The van der Waals surface area contributed by atoms with Crippen molar-refractivity contribution < 1.29 is 0 Å². The second kappa shape index (κ2) is 16.3. The third-order valence-electron chi connectivity index (χ3n) is 12.1. The van der Waals surface area contributed by atoms with Crippen LogP contribution in [-0.2, 0) is 0 Å². The second-order valence-electron chi connectivity index (χ2n) is 16.5. The van der Waals surface area contributed by atoms with Crippen LogP contribution in [0.5, 0.6) is 0 Å². The predicted octanol–water partition coefficient (Wildman–Crippen LogP) is 11.5. The fourth-order valence-corrected chi connectivity index (χ4v) is 27.1. The lowest BCUT2D eigenvalue weighted by Crippen LogP contribution is -2.54. The van der Waals surface area contributed by atoms with Crippen molar-refractivity contribution in [2.45, 2.75) is 172 Å². The van der Waals surface area contributed by atoms with E-state index in [1.807, 2.05) is 0 Å². The van der Waals surface area contributed by atoms with E-state index in [1.165, 1.54) is 128 Å². The van der Waals surface area contributed by atoms with Gasteiger partial charge in [0.15, 0.2) is 0 Å². The topological polar surface area (TPSA) is 6.48 Å². The Bertz CT molecular complexity index is 1130. The van der Waals surface area contributed by atoms with E-state index in [0.717, 1.165) is 24.2 Å². The molecule has 4 aliphatic rings. The van der Waals surface area contributed by atoms with Crippen molar-refractivity contribution in [1.82, 2.24) is 9.34 Å². The zero-order chi connectivity index (χ0) is 32.0. The molecule has 0 aromatic heterocycles. The van der Waals surface area contributed by atoms with Gasteiger partial charge in [0.25, 0.3) is 0 Å². The molecule has 0 amide bonds. The van der Waals surface area contributed by atoms with E-state index in [9.17, 15) is 0 Å². The van der Waals surface area contributed by atoms with Crippen LogP contribution in [0.3, 0.4) is 0 Å². The summed E-state index contributed by atoms with van der Waals surface area (Å²) in [6.45, 7) is 9.24. The second-order valence-corrected chi connectivity index (χ2v) is 28.1. The molecule has 2 aromatic rings. The van der Waals surface area contributed by atoms with Crippen molar-refractivity contribution in [1.29, 1.82) is 0 Å². The van der Waals surface area contributed by atoms with Gasteiger partial charge >= 0.3 is 0 Å². The fraction of sp³-hybridized carbons (Fsp3) is 0.683. The minimum Gasteiger partial charge on any atom is -0.261 e. The first-order chi connectivity index (χ1) is 22.4. The molecule has 4 saturated carbocycles. The molecule has 0 heterocycles. The monoisotopic (exact) mass is 676 g/mol. The minimum atomic E-state index is -1.85. The summed E-state index contributed by atoms with van der Waals surface area (Å²) in [6, 6.07) is 27.1. The van der Waals surface area contributed by atoms with Gasteiger partial charge in [0, 0.05) is 24.2 Å². The minimum absolute atomic E-state index is 0.571. The van der Waals surface area contributed by atoms with Gasteiger partial charge in [0.2, 0.25) is 0 Å². The van der Waals surface area contributed by atoms with Crippen molar-refractivity contribution >= 4 is 38.4 Å². The average molecular weight is 677 g/mol. The van der Waals surface area contributed by atoms with E-state index < -0.39 is 23.2 Å². The Morgan fingerprint density at radius 1 is 0.500 bits per heavy atom. The zero-order valence-electron chi connectivity index (χ0n) is 30.0. The summed E-state index contributed by atoms with van der Waals surface area (Å²) >= 11 is 0. The third-order valence-corrected chi connectivity index (χ3v) is 27.2. The Balaban J connectivity index is 1.69. The van der Waals surface area contributed by atoms with Crippen LogP contribution in [0.4, 0.5) is 0 Å². The third kappa shape index (κ3) is 7.86. The van der Waals surface area contributed by atoms with Crippen LogP contribution < -0.4 is 10.6 Å². The Kier molecular flexibility index (Phi) is 12.5. The van der Waals surface area contributed by atoms with Crippen molar-refractivity contribution in [3.63, 3.8) is 0 Å². The molecule has 0 saturated heterocycles. The van der Waals surface area contributed by atoms with Gasteiger partial charge < -0.3 is 0 Å². The summed E-state index contributed by atoms with van der Waals surface area (Å²) < 4.78 is 8.91. The highest BCUT2D eigenvalue weighted by Gasteiger charge is 2.49. The first-order valence-corrected chi connectivity index (χ1v) is 26.6. The highest BCUT2D eigenvalue weighted by molar-refractivity contribution is 8.06. The van der Waals surface area contributed by atoms with Crippen molar-refractivity contribution in [3.8, 4) is 0 Å². The van der Waals surface area contributed by atoms with E-state index in [2.05, 4.69) is 101 Å². The van der Waals surface area contributed by atoms with Crippen LogP contribution >= 0.6 is 15.1 Å². The fourth-order valence-electron chi connectivity index (χ4n) is 9.93. The summed E-state index contributed by atoms with van der Waals surface area (Å²) in [5.41, 5.74) is 0. The largest absolute Gasteiger partial charge is 0.261 e. The standard InChI is InChI=1S/C41H66N2P2Si/c1-45(39-31-19-9-20-32-39,40-33-21-10-22-34-40)41(46(2,3)4)44(42(35-23-11-5-12-24-35)36-25-13-6-14-26-36)43(37-27-15-7-16-28-37)38-29-17-8-18-30-38/h9-10,19-22,31-38H,5-8,11-18,23-30H2,1-4H3. The van der Waals surface area contributed by atoms with E-state index in [0.29, 0.717) is 0 Å². The summed E-state index contributed by atoms with van der Waals surface area (Å²) in [5.74, 6) is 0. The van der Waals surface area contributed by atoms with Gasteiger partial charge in [0.05, 0.1) is 16.3 Å².